The van der Waals surface area contributed by atoms with Gasteiger partial charge in [0.25, 0.3) is 0 Å². The van der Waals surface area contributed by atoms with Crippen molar-refractivity contribution in [3.8, 4) is 5.75 Å². The fourth-order valence-corrected chi connectivity index (χ4v) is 4.29. The van der Waals surface area contributed by atoms with E-state index in [0.29, 0.717) is 32.7 Å². The summed E-state index contributed by atoms with van der Waals surface area (Å²) >= 11 is 0. The van der Waals surface area contributed by atoms with E-state index in [1.807, 2.05) is 34.1 Å². The highest BCUT2D eigenvalue weighted by Gasteiger charge is 2.45. The lowest BCUT2D eigenvalue weighted by atomic mass is 9.92. The summed E-state index contributed by atoms with van der Waals surface area (Å²) in [5.41, 5.74) is 0.966. The number of ether oxygens (including phenoxy) is 1. The van der Waals surface area contributed by atoms with Crippen LogP contribution in [0.25, 0.3) is 0 Å². The first-order valence-electron chi connectivity index (χ1n) is 10.4. The Morgan fingerprint density at radius 2 is 1.69 bits per heavy atom. The summed E-state index contributed by atoms with van der Waals surface area (Å²) in [7, 11) is 1.62. The molecule has 3 amide bonds. The molecule has 0 saturated carbocycles. The summed E-state index contributed by atoms with van der Waals surface area (Å²) in [6.45, 7) is 6.45. The van der Waals surface area contributed by atoms with Gasteiger partial charge in [0.1, 0.15) is 5.75 Å². The average Bonchev–Trinajstić information content (AvgIpc) is 3.07. The molecule has 2 aliphatic heterocycles. The van der Waals surface area contributed by atoms with Crippen LogP contribution in [-0.2, 0) is 14.4 Å². The summed E-state index contributed by atoms with van der Waals surface area (Å²) in [5.74, 6) is 0.453. The summed E-state index contributed by atoms with van der Waals surface area (Å²) in [5, 5.41) is 0. The van der Waals surface area contributed by atoms with Crippen molar-refractivity contribution in [1.82, 2.24) is 14.7 Å². The van der Waals surface area contributed by atoms with Crippen LogP contribution >= 0.6 is 0 Å². The number of nitrogens with zero attached hydrogens (tertiary/aromatic N) is 3. The lowest BCUT2D eigenvalue weighted by Gasteiger charge is -2.37. The van der Waals surface area contributed by atoms with E-state index in [1.165, 1.54) is 0 Å². The van der Waals surface area contributed by atoms with Crippen molar-refractivity contribution in [2.24, 2.45) is 5.92 Å². The van der Waals surface area contributed by atoms with Gasteiger partial charge < -0.3 is 19.4 Å². The molecule has 0 aliphatic carbocycles. The van der Waals surface area contributed by atoms with Crippen molar-refractivity contribution in [3.63, 3.8) is 0 Å². The number of carbonyl (C=O) groups excluding carboxylic acids is 3. The molecule has 2 atom stereocenters. The minimum atomic E-state index is -0.392. The minimum Gasteiger partial charge on any atom is -0.497 e. The second-order valence-electron chi connectivity index (χ2n) is 7.80. The Balaban J connectivity index is 1.81. The molecular weight excluding hydrogens is 370 g/mol. The molecule has 1 aromatic rings. The van der Waals surface area contributed by atoms with Gasteiger partial charge in [-0.15, -0.1) is 0 Å². The molecule has 1 aromatic carbocycles. The van der Waals surface area contributed by atoms with E-state index in [2.05, 4.69) is 6.92 Å². The van der Waals surface area contributed by atoms with Crippen LogP contribution in [0.2, 0.25) is 0 Å². The van der Waals surface area contributed by atoms with Crippen LogP contribution in [-0.4, -0.2) is 72.3 Å². The van der Waals surface area contributed by atoms with Crippen LogP contribution in [0.1, 0.15) is 44.7 Å². The van der Waals surface area contributed by atoms with E-state index in [9.17, 15) is 14.4 Å². The van der Waals surface area contributed by atoms with Gasteiger partial charge in [-0.25, -0.2) is 0 Å². The molecule has 158 valence electrons. The maximum absolute atomic E-state index is 13.4. The van der Waals surface area contributed by atoms with Crippen molar-refractivity contribution in [2.45, 2.75) is 39.2 Å². The standard InChI is InChI=1S/C22H31N3O4/c1-4-5-10-25-20(27)15-19(21(25)17-6-8-18(29-3)9-7-17)22(28)24-13-11-23(12-14-24)16(2)26/h6-9,19,21H,4-5,10-15H2,1-3H3/t19-,21+/m0/s1. The molecule has 0 radical (unpaired) electrons. The zero-order valence-corrected chi connectivity index (χ0v) is 17.6. The number of benzene rings is 1. The number of carbonyl (C=O) groups is 3. The summed E-state index contributed by atoms with van der Waals surface area (Å²) in [4.78, 5) is 43.2. The van der Waals surface area contributed by atoms with E-state index >= 15 is 0 Å². The molecule has 0 unspecified atom stereocenters. The van der Waals surface area contributed by atoms with Crippen molar-refractivity contribution < 1.29 is 19.1 Å². The van der Waals surface area contributed by atoms with Gasteiger partial charge in [-0.05, 0) is 24.1 Å². The predicted molar refractivity (Wildman–Crippen MR) is 109 cm³/mol. The van der Waals surface area contributed by atoms with E-state index < -0.39 is 5.92 Å². The third-order valence-electron chi connectivity index (χ3n) is 6.00. The Morgan fingerprint density at radius 1 is 1.07 bits per heavy atom. The molecular formula is C22H31N3O4. The highest BCUT2D eigenvalue weighted by atomic mass is 16.5. The van der Waals surface area contributed by atoms with Gasteiger partial charge in [0.05, 0.1) is 19.1 Å². The Labute approximate surface area is 172 Å². The monoisotopic (exact) mass is 401 g/mol. The van der Waals surface area contributed by atoms with Crippen LogP contribution in [0.4, 0.5) is 0 Å². The lowest BCUT2D eigenvalue weighted by molar-refractivity contribution is -0.142. The molecule has 7 nitrogen and oxygen atoms in total. The molecule has 0 N–H and O–H groups in total. The number of hydrogen-bond acceptors (Lipinski definition) is 4. The van der Waals surface area contributed by atoms with Gasteiger partial charge in [0.15, 0.2) is 0 Å². The third kappa shape index (κ3) is 4.54. The number of unbranched alkanes of at least 4 members (excludes halogenated alkanes) is 1. The van der Waals surface area contributed by atoms with Crippen LogP contribution < -0.4 is 4.74 Å². The molecule has 0 bridgehead atoms. The zero-order valence-electron chi connectivity index (χ0n) is 17.6. The van der Waals surface area contributed by atoms with Gasteiger partial charge in [0.2, 0.25) is 17.7 Å². The van der Waals surface area contributed by atoms with Crippen molar-refractivity contribution in [2.75, 3.05) is 39.8 Å². The maximum Gasteiger partial charge on any atom is 0.228 e. The van der Waals surface area contributed by atoms with E-state index in [-0.39, 0.29) is 30.2 Å². The van der Waals surface area contributed by atoms with Crippen LogP contribution in [0.3, 0.4) is 0 Å². The zero-order chi connectivity index (χ0) is 21.0. The fourth-order valence-electron chi connectivity index (χ4n) is 4.29. The number of methoxy groups -OCH3 is 1. The van der Waals surface area contributed by atoms with Gasteiger partial charge in [-0.2, -0.15) is 0 Å². The topological polar surface area (TPSA) is 70.2 Å². The molecule has 0 aromatic heterocycles. The Morgan fingerprint density at radius 3 is 2.24 bits per heavy atom. The quantitative estimate of drug-likeness (QED) is 0.732. The fraction of sp³-hybridized carbons (Fsp3) is 0.591. The van der Waals surface area contributed by atoms with Crippen molar-refractivity contribution in [3.05, 3.63) is 29.8 Å². The maximum atomic E-state index is 13.4. The molecule has 0 spiro atoms. The largest absolute Gasteiger partial charge is 0.497 e. The van der Waals surface area contributed by atoms with Crippen LogP contribution in [0.15, 0.2) is 24.3 Å². The SMILES string of the molecule is CCCCN1C(=O)C[C@H](C(=O)N2CCN(C(C)=O)CC2)[C@H]1c1ccc(OC)cc1. The number of amides is 3. The van der Waals surface area contributed by atoms with Gasteiger partial charge in [-0.1, -0.05) is 25.5 Å². The second-order valence-corrected chi connectivity index (χ2v) is 7.80. The molecule has 2 fully saturated rings. The normalized spacial score (nSPS) is 22.2. The molecule has 2 aliphatic rings. The highest BCUT2D eigenvalue weighted by molar-refractivity contribution is 5.90. The second kappa shape index (κ2) is 9.29. The first kappa shape index (κ1) is 21.1. The molecule has 2 saturated heterocycles. The smallest absolute Gasteiger partial charge is 0.228 e. The summed E-state index contributed by atoms with van der Waals surface area (Å²) in [6, 6.07) is 7.41. The van der Waals surface area contributed by atoms with Gasteiger partial charge >= 0.3 is 0 Å². The van der Waals surface area contributed by atoms with Crippen LogP contribution in [0.5, 0.6) is 5.75 Å². The Kier molecular flexibility index (Phi) is 6.77. The van der Waals surface area contributed by atoms with Crippen molar-refractivity contribution in [1.29, 1.82) is 0 Å². The number of hydrogen-bond donors (Lipinski definition) is 0. The molecule has 2 heterocycles. The Hall–Kier alpha value is -2.57. The molecule has 29 heavy (non-hydrogen) atoms. The van der Waals surface area contributed by atoms with E-state index in [0.717, 1.165) is 24.2 Å². The Bertz CT molecular complexity index is 741. The molecule has 3 rings (SSSR count). The van der Waals surface area contributed by atoms with E-state index in [1.54, 1.807) is 18.9 Å². The lowest BCUT2D eigenvalue weighted by Crippen LogP contribution is -2.52. The first-order chi connectivity index (χ1) is 14.0. The van der Waals surface area contributed by atoms with Crippen molar-refractivity contribution >= 4 is 17.7 Å². The predicted octanol–water partition coefficient (Wildman–Crippen LogP) is 2.08. The average molecular weight is 402 g/mol. The third-order valence-corrected chi connectivity index (χ3v) is 6.00. The number of likely N-dealkylation sites (tertiary alicyclic amines) is 1. The minimum absolute atomic E-state index is 0.0152. The van der Waals surface area contributed by atoms with Gasteiger partial charge in [-0.3, -0.25) is 14.4 Å². The van der Waals surface area contributed by atoms with Gasteiger partial charge in [0, 0.05) is 46.1 Å². The summed E-state index contributed by atoms with van der Waals surface area (Å²) in [6.07, 6.45) is 2.15. The van der Waals surface area contributed by atoms with Crippen LogP contribution in [0, 0.1) is 5.92 Å². The highest BCUT2D eigenvalue weighted by Crippen LogP contribution is 2.40. The molecule has 7 heteroatoms. The summed E-state index contributed by atoms with van der Waals surface area (Å²) < 4.78 is 5.26. The van der Waals surface area contributed by atoms with E-state index in [4.69, 9.17) is 4.74 Å². The number of piperazine rings is 1. The first-order valence-corrected chi connectivity index (χ1v) is 10.4. The number of rotatable bonds is 6.